The summed E-state index contributed by atoms with van der Waals surface area (Å²) >= 11 is 0. The Morgan fingerprint density at radius 1 is 1.28 bits per heavy atom. The molecule has 1 aliphatic rings. The Balaban J connectivity index is 1.55. The van der Waals surface area contributed by atoms with Gasteiger partial charge in [-0.25, -0.2) is 9.59 Å². The predicted octanol–water partition coefficient (Wildman–Crippen LogP) is 1.60. The molecule has 2 N–H and O–H groups in total. The van der Waals surface area contributed by atoms with Gasteiger partial charge in [0.1, 0.15) is 5.69 Å². The van der Waals surface area contributed by atoms with E-state index in [1.807, 2.05) is 12.1 Å². The highest BCUT2D eigenvalue weighted by Crippen LogP contribution is 2.30. The van der Waals surface area contributed by atoms with Crippen LogP contribution in [0.4, 0.5) is 4.79 Å². The maximum absolute atomic E-state index is 12.3. The summed E-state index contributed by atoms with van der Waals surface area (Å²) in [6.07, 6.45) is 3.26. The third-order valence-corrected chi connectivity index (χ3v) is 4.48. The molecule has 132 valence electrons. The van der Waals surface area contributed by atoms with Crippen LogP contribution in [0.25, 0.3) is 0 Å². The van der Waals surface area contributed by atoms with E-state index in [0.29, 0.717) is 30.9 Å². The van der Waals surface area contributed by atoms with Crippen molar-refractivity contribution in [3.05, 3.63) is 47.3 Å². The van der Waals surface area contributed by atoms with Gasteiger partial charge in [0, 0.05) is 26.3 Å². The fourth-order valence-electron chi connectivity index (χ4n) is 3.20. The van der Waals surface area contributed by atoms with E-state index < -0.39 is 5.97 Å². The first-order chi connectivity index (χ1) is 12.0. The van der Waals surface area contributed by atoms with Crippen LogP contribution >= 0.6 is 0 Å². The minimum atomic E-state index is -0.903. The zero-order chi connectivity index (χ0) is 17.8. The molecule has 0 aliphatic carbocycles. The molecule has 1 aromatic heterocycles. The lowest BCUT2D eigenvalue weighted by Gasteiger charge is -2.32. The van der Waals surface area contributed by atoms with Crippen LogP contribution in [-0.4, -0.2) is 50.1 Å². The molecule has 2 heterocycles. The first kappa shape index (κ1) is 16.9. The molecule has 1 saturated heterocycles. The summed E-state index contributed by atoms with van der Waals surface area (Å²) in [5, 5.41) is 19.9. The van der Waals surface area contributed by atoms with E-state index in [2.05, 4.69) is 15.6 Å². The maximum Gasteiger partial charge on any atom is 0.335 e. The van der Waals surface area contributed by atoms with Gasteiger partial charge < -0.3 is 15.3 Å². The first-order valence-electron chi connectivity index (χ1n) is 8.25. The molecular weight excluding hydrogens is 322 g/mol. The van der Waals surface area contributed by atoms with Gasteiger partial charge in [-0.1, -0.05) is 23.4 Å². The molecule has 0 radical (unpaired) electrons. The molecule has 3 rings (SSSR count). The van der Waals surface area contributed by atoms with Crippen LogP contribution in [-0.2, 0) is 13.6 Å². The lowest BCUT2D eigenvalue weighted by atomic mass is 9.86. The first-order valence-corrected chi connectivity index (χ1v) is 8.25. The zero-order valence-corrected chi connectivity index (χ0v) is 14.1. The van der Waals surface area contributed by atoms with Gasteiger partial charge >= 0.3 is 12.0 Å². The minimum Gasteiger partial charge on any atom is -0.478 e. The minimum absolute atomic E-state index is 0.129. The molecule has 2 aromatic rings. The summed E-state index contributed by atoms with van der Waals surface area (Å²) in [6.45, 7) is 1.55. The van der Waals surface area contributed by atoms with Crippen LogP contribution in [0.15, 0.2) is 30.5 Å². The van der Waals surface area contributed by atoms with Crippen molar-refractivity contribution in [1.29, 1.82) is 0 Å². The second-order valence-corrected chi connectivity index (χ2v) is 6.20. The normalized spacial score (nSPS) is 15.2. The largest absolute Gasteiger partial charge is 0.478 e. The highest BCUT2D eigenvalue weighted by Gasteiger charge is 2.26. The highest BCUT2D eigenvalue weighted by atomic mass is 16.4. The molecule has 0 saturated carbocycles. The molecule has 2 amide bonds. The number of carboxylic acids is 1. The number of carbonyl (C=O) groups is 2. The number of aromatic carboxylic acids is 1. The van der Waals surface area contributed by atoms with Crippen molar-refractivity contribution in [2.75, 3.05) is 13.1 Å². The lowest BCUT2D eigenvalue weighted by molar-refractivity contribution is 0.0694. The SMILES string of the molecule is Cn1cc(CNC(=O)N2CCC(c3ccccc3C(=O)O)CC2)nn1. The molecule has 0 unspecified atom stereocenters. The van der Waals surface area contributed by atoms with Crippen LogP contribution in [0.1, 0.15) is 40.4 Å². The Hall–Kier alpha value is -2.90. The fourth-order valence-corrected chi connectivity index (χ4v) is 3.20. The topological polar surface area (TPSA) is 100 Å². The van der Waals surface area contributed by atoms with Crippen molar-refractivity contribution in [3.8, 4) is 0 Å². The molecule has 8 nitrogen and oxygen atoms in total. The van der Waals surface area contributed by atoms with Gasteiger partial charge in [0.25, 0.3) is 0 Å². The molecule has 25 heavy (non-hydrogen) atoms. The number of urea groups is 1. The van der Waals surface area contributed by atoms with Gasteiger partial charge in [-0.3, -0.25) is 4.68 Å². The van der Waals surface area contributed by atoms with E-state index in [0.717, 1.165) is 18.4 Å². The van der Waals surface area contributed by atoms with E-state index >= 15 is 0 Å². The summed E-state index contributed by atoms with van der Waals surface area (Å²) in [6, 6.07) is 6.98. The summed E-state index contributed by atoms with van der Waals surface area (Å²) < 4.78 is 1.59. The van der Waals surface area contributed by atoms with Crippen molar-refractivity contribution in [1.82, 2.24) is 25.2 Å². The smallest absolute Gasteiger partial charge is 0.335 e. The summed E-state index contributed by atoms with van der Waals surface area (Å²) in [5.74, 6) is -0.740. The summed E-state index contributed by atoms with van der Waals surface area (Å²) in [7, 11) is 1.78. The molecule has 0 atom stereocenters. The molecule has 8 heteroatoms. The lowest BCUT2D eigenvalue weighted by Crippen LogP contribution is -2.44. The third-order valence-electron chi connectivity index (χ3n) is 4.48. The van der Waals surface area contributed by atoms with E-state index in [-0.39, 0.29) is 11.9 Å². The Morgan fingerprint density at radius 3 is 2.64 bits per heavy atom. The van der Waals surface area contributed by atoms with Gasteiger partial charge in [-0.15, -0.1) is 5.10 Å². The molecule has 0 spiro atoms. The second-order valence-electron chi connectivity index (χ2n) is 6.20. The number of nitrogens with zero attached hydrogens (tertiary/aromatic N) is 4. The zero-order valence-electron chi connectivity index (χ0n) is 14.1. The van der Waals surface area contributed by atoms with Crippen molar-refractivity contribution < 1.29 is 14.7 Å². The Bertz CT molecular complexity index is 765. The standard InChI is InChI=1S/C17H21N5O3/c1-21-11-13(19-20-21)10-18-17(25)22-8-6-12(7-9-22)14-4-2-3-5-15(14)16(23)24/h2-5,11-12H,6-10H2,1H3,(H,18,25)(H,23,24). The number of carbonyl (C=O) groups excluding carboxylic acids is 1. The monoisotopic (exact) mass is 343 g/mol. The fraction of sp³-hybridized carbons (Fsp3) is 0.412. The number of hydrogen-bond acceptors (Lipinski definition) is 4. The quantitative estimate of drug-likeness (QED) is 0.878. The Morgan fingerprint density at radius 2 is 2.00 bits per heavy atom. The van der Waals surface area contributed by atoms with Crippen LogP contribution < -0.4 is 5.32 Å². The molecular formula is C17H21N5O3. The summed E-state index contributed by atoms with van der Waals surface area (Å²) in [4.78, 5) is 25.4. The van der Waals surface area contributed by atoms with Gasteiger partial charge in [0.05, 0.1) is 12.1 Å². The number of aromatic nitrogens is 3. The van der Waals surface area contributed by atoms with Crippen LogP contribution in [0.5, 0.6) is 0 Å². The third kappa shape index (κ3) is 3.96. The van der Waals surface area contributed by atoms with Crippen LogP contribution in [0.3, 0.4) is 0 Å². The molecule has 1 aromatic carbocycles. The molecule has 0 bridgehead atoms. The van der Waals surface area contributed by atoms with Gasteiger partial charge in [0.2, 0.25) is 0 Å². The van der Waals surface area contributed by atoms with Gasteiger partial charge in [0.15, 0.2) is 0 Å². The van der Waals surface area contributed by atoms with Gasteiger partial charge in [-0.2, -0.15) is 0 Å². The van der Waals surface area contributed by atoms with Crippen molar-refractivity contribution >= 4 is 12.0 Å². The molecule has 1 fully saturated rings. The second kappa shape index (κ2) is 7.33. The van der Waals surface area contributed by atoms with Gasteiger partial charge in [-0.05, 0) is 30.4 Å². The van der Waals surface area contributed by atoms with Crippen molar-refractivity contribution in [3.63, 3.8) is 0 Å². The van der Waals surface area contributed by atoms with Crippen molar-refractivity contribution in [2.24, 2.45) is 7.05 Å². The van der Waals surface area contributed by atoms with E-state index in [1.54, 1.807) is 35.0 Å². The maximum atomic E-state index is 12.3. The Kier molecular flexibility index (Phi) is 4.97. The predicted molar refractivity (Wildman–Crippen MR) is 90.2 cm³/mol. The summed E-state index contributed by atoms with van der Waals surface area (Å²) in [5.41, 5.74) is 1.92. The number of likely N-dealkylation sites (tertiary alicyclic amines) is 1. The van der Waals surface area contributed by atoms with Crippen LogP contribution in [0.2, 0.25) is 0 Å². The number of benzene rings is 1. The average Bonchev–Trinajstić information content (AvgIpc) is 3.05. The number of piperidine rings is 1. The number of carboxylic acid groups (broad SMARTS) is 1. The number of nitrogens with one attached hydrogen (secondary N) is 1. The number of rotatable bonds is 4. The van der Waals surface area contributed by atoms with Crippen molar-refractivity contribution in [2.45, 2.75) is 25.3 Å². The van der Waals surface area contributed by atoms with Crippen LogP contribution in [0, 0.1) is 0 Å². The highest BCUT2D eigenvalue weighted by molar-refractivity contribution is 5.89. The van der Waals surface area contributed by atoms with E-state index in [4.69, 9.17) is 0 Å². The number of aryl methyl sites for hydroxylation is 1. The Labute approximate surface area is 145 Å². The van der Waals surface area contributed by atoms with E-state index in [1.165, 1.54) is 0 Å². The number of hydrogen-bond donors (Lipinski definition) is 2. The molecule has 1 aliphatic heterocycles. The number of amides is 2. The average molecular weight is 343 g/mol. The van der Waals surface area contributed by atoms with E-state index in [9.17, 15) is 14.7 Å².